The summed E-state index contributed by atoms with van der Waals surface area (Å²) in [5.41, 5.74) is 1.05. The Bertz CT molecular complexity index is 1040. The lowest BCUT2D eigenvalue weighted by Gasteiger charge is -2.12. The van der Waals surface area contributed by atoms with Gasteiger partial charge in [-0.15, -0.1) is 0 Å². The highest BCUT2D eigenvalue weighted by Gasteiger charge is 2.30. The third-order valence-corrected chi connectivity index (χ3v) is 4.58. The summed E-state index contributed by atoms with van der Waals surface area (Å²) in [6.07, 6.45) is 1.56. The Hall–Kier alpha value is -3.10. The lowest BCUT2D eigenvalue weighted by Crippen LogP contribution is -2.15. The molecule has 2 N–H and O–H groups in total. The topological polar surface area (TPSA) is 116 Å². The summed E-state index contributed by atoms with van der Waals surface area (Å²) in [5, 5.41) is 16.9. The van der Waals surface area contributed by atoms with Gasteiger partial charge < -0.3 is 0 Å². The van der Waals surface area contributed by atoms with Crippen molar-refractivity contribution >= 4 is 15.7 Å². The van der Waals surface area contributed by atoms with Gasteiger partial charge in [0.25, 0.3) is 5.69 Å². The monoisotopic (exact) mass is 355 g/mol. The van der Waals surface area contributed by atoms with Gasteiger partial charge in [-0.3, -0.25) is 15.1 Å². The van der Waals surface area contributed by atoms with Crippen LogP contribution in [0.3, 0.4) is 0 Å². The summed E-state index contributed by atoms with van der Waals surface area (Å²) in [5.74, 6) is 0. The molecule has 3 rings (SSSR count). The maximum absolute atomic E-state index is 11.8. The predicted octanol–water partition coefficient (Wildman–Crippen LogP) is 2.97. The molecule has 2 aromatic carbocycles. The second kappa shape index (κ2) is 6.42. The number of nitrogens with two attached hydrogens (primary N) is 1. The van der Waals surface area contributed by atoms with Gasteiger partial charge in [-0.05, 0) is 23.8 Å². The van der Waals surface area contributed by atoms with Crippen LogP contribution in [0, 0.1) is 10.1 Å². The molecule has 0 radical (unpaired) electrons. The molecule has 0 unspecified atom stereocenters. The number of aromatic nitrogens is 1. The summed E-state index contributed by atoms with van der Waals surface area (Å²) >= 11 is 0. The molecule has 1 aromatic heterocycles. The van der Waals surface area contributed by atoms with Crippen LogP contribution in [-0.2, 0) is 10.0 Å². The van der Waals surface area contributed by atoms with Crippen LogP contribution in [0.4, 0.5) is 5.69 Å². The Labute approximate surface area is 144 Å². The molecule has 0 aliphatic rings. The number of primary sulfonamides is 1. The minimum Gasteiger partial charge on any atom is -0.258 e. The smallest absolute Gasteiger partial charge is 0.258 e. The lowest BCUT2D eigenvalue weighted by atomic mass is 9.95. The van der Waals surface area contributed by atoms with E-state index in [1.165, 1.54) is 6.07 Å². The summed E-state index contributed by atoms with van der Waals surface area (Å²) < 4.78 is 23.7. The summed E-state index contributed by atoms with van der Waals surface area (Å²) in [7, 11) is -4.27. The zero-order valence-electron chi connectivity index (χ0n) is 12.9. The van der Waals surface area contributed by atoms with Crippen molar-refractivity contribution in [2.45, 2.75) is 4.90 Å². The van der Waals surface area contributed by atoms with E-state index in [-0.39, 0.29) is 5.56 Å². The standard InChI is InChI=1S/C17H13N3O4S/c18-25(23,24)15-10-9-13(14-8-4-5-11-19-14)16(17(15)20(21)22)12-6-2-1-3-7-12/h1-11H,(H2,18,23,24). The van der Waals surface area contributed by atoms with Gasteiger partial charge in [0.1, 0.15) is 0 Å². The molecule has 0 saturated carbocycles. The van der Waals surface area contributed by atoms with E-state index in [2.05, 4.69) is 4.98 Å². The van der Waals surface area contributed by atoms with Crippen molar-refractivity contribution in [3.63, 3.8) is 0 Å². The van der Waals surface area contributed by atoms with Crippen molar-refractivity contribution in [1.29, 1.82) is 0 Å². The number of nitrogens with zero attached hydrogens (tertiary/aromatic N) is 2. The molecule has 3 aromatic rings. The molecule has 25 heavy (non-hydrogen) atoms. The third kappa shape index (κ3) is 3.25. The molecule has 0 amide bonds. The molecule has 0 fully saturated rings. The largest absolute Gasteiger partial charge is 0.297 e. The number of hydrogen-bond donors (Lipinski definition) is 1. The molecule has 0 aliphatic carbocycles. The van der Waals surface area contributed by atoms with Crippen molar-refractivity contribution in [3.05, 3.63) is 77.0 Å². The second-order valence-corrected chi connectivity index (χ2v) is 6.75. The predicted molar refractivity (Wildman–Crippen MR) is 93.1 cm³/mol. The van der Waals surface area contributed by atoms with Gasteiger partial charge in [-0.25, -0.2) is 13.6 Å². The zero-order chi connectivity index (χ0) is 18.0. The van der Waals surface area contributed by atoms with E-state index < -0.39 is 25.5 Å². The molecule has 0 aliphatic heterocycles. The molecular weight excluding hydrogens is 342 g/mol. The maximum atomic E-state index is 11.8. The SMILES string of the molecule is NS(=O)(=O)c1ccc(-c2ccccn2)c(-c2ccccc2)c1[N+](=O)[O-]. The van der Waals surface area contributed by atoms with E-state index in [4.69, 9.17) is 5.14 Å². The minimum absolute atomic E-state index is 0.163. The maximum Gasteiger partial charge on any atom is 0.297 e. The average molecular weight is 355 g/mol. The number of nitro benzene ring substituents is 1. The fourth-order valence-electron chi connectivity index (χ4n) is 2.62. The normalized spacial score (nSPS) is 11.2. The molecule has 0 atom stereocenters. The number of benzene rings is 2. The second-order valence-electron chi connectivity index (χ2n) is 5.22. The number of nitro groups is 1. The van der Waals surface area contributed by atoms with E-state index in [1.807, 2.05) is 0 Å². The first-order valence-corrected chi connectivity index (χ1v) is 8.75. The molecule has 126 valence electrons. The van der Waals surface area contributed by atoms with Gasteiger partial charge in [0.15, 0.2) is 4.90 Å². The summed E-state index contributed by atoms with van der Waals surface area (Å²) in [6.45, 7) is 0. The quantitative estimate of drug-likeness (QED) is 0.570. The van der Waals surface area contributed by atoms with Gasteiger partial charge in [-0.2, -0.15) is 0 Å². The number of pyridine rings is 1. The lowest BCUT2D eigenvalue weighted by molar-refractivity contribution is -0.387. The first kappa shape index (κ1) is 16.7. The highest BCUT2D eigenvalue weighted by Crippen LogP contribution is 2.41. The Morgan fingerprint density at radius 3 is 2.20 bits per heavy atom. The van der Waals surface area contributed by atoms with Crippen LogP contribution in [0.15, 0.2) is 71.8 Å². The minimum atomic E-state index is -4.27. The Morgan fingerprint density at radius 1 is 0.960 bits per heavy atom. The Kier molecular flexibility index (Phi) is 4.30. The van der Waals surface area contributed by atoms with Gasteiger partial charge in [0.2, 0.25) is 10.0 Å². The van der Waals surface area contributed by atoms with Crippen LogP contribution in [-0.4, -0.2) is 18.3 Å². The van der Waals surface area contributed by atoms with Gasteiger partial charge in [-0.1, -0.05) is 42.5 Å². The van der Waals surface area contributed by atoms with Crippen LogP contribution in [0.5, 0.6) is 0 Å². The first-order valence-electron chi connectivity index (χ1n) is 7.20. The van der Waals surface area contributed by atoms with E-state index in [0.717, 1.165) is 6.07 Å². The van der Waals surface area contributed by atoms with Crippen molar-refractivity contribution in [1.82, 2.24) is 4.98 Å². The van der Waals surface area contributed by atoms with Gasteiger partial charge >= 0.3 is 0 Å². The van der Waals surface area contributed by atoms with E-state index in [1.54, 1.807) is 54.7 Å². The van der Waals surface area contributed by atoms with Crippen LogP contribution in [0.1, 0.15) is 0 Å². The molecule has 0 bridgehead atoms. The van der Waals surface area contributed by atoms with E-state index in [9.17, 15) is 18.5 Å². The molecule has 7 nitrogen and oxygen atoms in total. The van der Waals surface area contributed by atoms with Crippen LogP contribution >= 0.6 is 0 Å². The van der Waals surface area contributed by atoms with Gasteiger partial charge in [0, 0.05) is 11.8 Å². The summed E-state index contributed by atoms with van der Waals surface area (Å²) in [4.78, 5) is 14.7. The molecule has 8 heteroatoms. The third-order valence-electron chi connectivity index (χ3n) is 3.63. The van der Waals surface area contributed by atoms with Crippen LogP contribution in [0.2, 0.25) is 0 Å². The molecule has 0 saturated heterocycles. The molecular formula is C17H13N3O4S. The van der Waals surface area contributed by atoms with E-state index in [0.29, 0.717) is 16.8 Å². The molecule has 0 spiro atoms. The summed E-state index contributed by atoms with van der Waals surface area (Å²) in [6, 6.07) is 16.3. The van der Waals surface area contributed by atoms with Crippen molar-refractivity contribution in [2.75, 3.05) is 0 Å². The van der Waals surface area contributed by atoms with Gasteiger partial charge in [0.05, 0.1) is 16.2 Å². The van der Waals surface area contributed by atoms with E-state index >= 15 is 0 Å². The van der Waals surface area contributed by atoms with Crippen molar-refractivity contribution in [2.24, 2.45) is 5.14 Å². The highest BCUT2D eigenvalue weighted by atomic mass is 32.2. The fourth-order valence-corrected chi connectivity index (χ4v) is 3.32. The Morgan fingerprint density at radius 2 is 1.64 bits per heavy atom. The number of rotatable bonds is 4. The van der Waals surface area contributed by atoms with Crippen LogP contribution < -0.4 is 5.14 Å². The Balaban J connectivity index is 2.47. The highest BCUT2D eigenvalue weighted by molar-refractivity contribution is 7.89. The average Bonchev–Trinajstić information content (AvgIpc) is 2.61. The fraction of sp³-hybridized carbons (Fsp3) is 0. The van der Waals surface area contributed by atoms with Crippen molar-refractivity contribution < 1.29 is 13.3 Å². The first-order chi connectivity index (χ1) is 11.9. The zero-order valence-corrected chi connectivity index (χ0v) is 13.7. The van der Waals surface area contributed by atoms with Crippen molar-refractivity contribution in [3.8, 4) is 22.4 Å². The van der Waals surface area contributed by atoms with Crippen LogP contribution in [0.25, 0.3) is 22.4 Å². The number of sulfonamides is 1. The number of hydrogen-bond acceptors (Lipinski definition) is 5. The molecule has 1 heterocycles.